The quantitative estimate of drug-likeness (QED) is 0.760. The van der Waals surface area contributed by atoms with E-state index in [4.69, 9.17) is 10.2 Å². The first-order valence-electron chi connectivity index (χ1n) is 9.16. The molecule has 0 amide bonds. The van der Waals surface area contributed by atoms with E-state index in [1.54, 1.807) is 0 Å². The summed E-state index contributed by atoms with van der Waals surface area (Å²) in [6.45, 7) is 11.4. The second-order valence-corrected chi connectivity index (χ2v) is 7.46. The molecule has 2 saturated heterocycles. The van der Waals surface area contributed by atoms with Gasteiger partial charge in [0, 0.05) is 25.2 Å². The van der Waals surface area contributed by atoms with Gasteiger partial charge in [0.2, 0.25) is 0 Å². The average Bonchev–Trinajstić information content (AvgIpc) is 2.91. The number of carboxylic acids is 2. The molecular formula is C18H38N4O4. The summed E-state index contributed by atoms with van der Waals surface area (Å²) in [5.41, 5.74) is 0. The van der Waals surface area contributed by atoms with Crippen LogP contribution in [0.5, 0.6) is 0 Å². The Kier molecular flexibility index (Phi) is 10.9. The lowest BCUT2D eigenvalue weighted by Crippen LogP contribution is -2.32. The smallest absolute Gasteiger partial charge is 0.303 e. The van der Waals surface area contributed by atoms with Crippen molar-refractivity contribution < 1.29 is 19.8 Å². The van der Waals surface area contributed by atoms with Crippen molar-refractivity contribution in [1.29, 1.82) is 0 Å². The maximum Gasteiger partial charge on any atom is 0.303 e. The Morgan fingerprint density at radius 1 is 0.731 bits per heavy atom. The molecule has 2 aliphatic rings. The number of aliphatic carboxylic acids is 2. The maximum atomic E-state index is 9.64. The third kappa shape index (κ3) is 8.44. The van der Waals surface area contributed by atoms with Crippen molar-refractivity contribution in [3.63, 3.8) is 0 Å². The summed E-state index contributed by atoms with van der Waals surface area (Å²) in [7, 11) is 8.70. The van der Waals surface area contributed by atoms with Crippen molar-refractivity contribution in [3.05, 3.63) is 0 Å². The van der Waals surface area contributed by atoms with Gasteiger partial charge in [-0.15, -0.1) is 0 Å². The van der Waals surface area contributed by atoms with Crippen LogP contribution in [0.2, 0.25) is 0 Å². The van der Waals surface area contributed by atoms with Gasteiger partial charge >= 0.3 is 11.9 Å². The summed E-state index contributed by atoms with van der Waals surface area (Å²) < 4.78 is 0. The van der Waals surface area contributed by atoms with Crippen LogP contribution in [0.25, 0.3) is 0 Å². The number of hydrogen-bond acceptors (Lipinski definition) is 6. The molecule has 154 valence electrons. The van der Waals surface area contributed by atoms with Gasteiger partial charge < -0.3 is 10.2 Å². The topological polar surface area (TPSA) is 87.6 Å². The molecule has 0 aromatic carbocycles. The maximum absolute atomic E-state index is 9.64. The minimum Gasteiger partial charge on any atom is -0.481 e. The van der Waals surface area contributed by atoms with Crippen LogP contribution in [-0.2, 0) is 9.59 Å². The fraction of sp³-hybridized carbons (Fsp3) is 0.889. The highest BCUT2D eigenvalue weighted by atomic mass is 16.4. The fourth-order valence-electron chi connectivity index (χ4n) is 2.97. The lowest BCUT2D eigenvalue weighted by atomic mass is 10.3. The zero-order valence-corrected chi connectivity index (χ0v) is 17.6. The molecule has 0 bridgehead atoms. The van der Waals surface area contributed by atoms with Gasteiger partial charge in [-0.1, -0.05) is 0 Å². The molecule has 2 heterocycles. The highest BCUT2D eigenvalue weighted by Gasteiger charge is 2.28. The van der Waals surface area contributed by atoms with Gasteiger partial charge in [0.15, 0.2) is 0 Å². The number of carbonyl (C=O) groups is 2. The van der Waals surface area contributed by atoms with Crippen LogP contribution in [0, 0.1) is 0 Å². The van der Waals surface area contributed by atoms with E-state index in [1.165, 1.54) is 13.1 Å². The van der Waals surface area contributed by atoms with Gasteiger partial charge in [-0.05, 0) is 55.9 Å². The zero-order chi connectivity index (χ0) is 20.6. The van der Waals surface area contributed by atoms with Crippen molar-refractivity contribution in [2.45, 2.75) is 65.0 Å². The average molecular weight is 375 g/mol. The largest absolute Gasteiger partial charge is 0.481 e. The number of likely N-dealkylation sites (N-methyl/N-ethyl adjacent to an activating group) is 4. The van der Waals surface area contributed by atoms with E-state index in [0.717, 1.165) is 12.1 Å². The molecule has 2 aliphatic heterocycles. The standard InChI is InChI=1S/2C7H16N2.C4H6O4/c2*1-6-5-8(3)7(2)9(6)4;5-3(6)1-2-4(7)8/h2*6-7H,5H2,1-4H3;1-2H2,(H,5,6)(H,7,8). The third-order valence-electron chi connectivity index (χ3n) is 5.50. The molecule has 0 radical (unpaired) electrons. The Bertz CT molecular complexity index is 385. The monoisotopic (exact) mass is 374 g/mol. The van der Waals surface area contributed by atoms with E-state index >= 15 is 0 Å². The molecule has 2 N–H and O–H groups in total. The molecule has 0 aromatic rings. The normalized spacial score (nSPS) is 30.3. The van der Waals surface area contributed by atoms with Crippen LogP contribution >= 0.6 is 0 Å². The molecule has 8 nitrogen and oxygen atoms in total. The van der Waals surface area contributed by atoms with Crippen LogP contribution in [-0.4, -0.2) is 107 Å². The SMILES string of the molecule is CC1CN(C)C(C)N1C.CC1CN(C)C(C)N1C.O=C(O)CCC(=O)O. The first kappa shape index (κ1) is 24.8. The molecule has 0 saturated carbocycles. The summed E-state index contributed by atoms with van der Waals surface area (Å²) in [6.07, 6.45) is 0.657. The molecule has 8 heteroatoms. The first-order chi connectivity index (χ1) is 11.9. The van der Waals surface area contributed by atoms with Crippen LogP contribution < -0.4 is 0 Å². The van der Waals surface area contributed by atoms with Crippen molar-refractivity contribution in [1.82, 2.24) is 19.6 Å². The predicted octanol–water partition coefficient (Wildman–Crippen LogP) is 1.13. The van der Waals surface area contributed by atoms with Gasteiger partial charge in [-0.25, -0.2) is 0 Å². The lowest BCUT2D eigenvalue weighted by molar-refractivity contribution is -0.143. The van der Waals surface area contributed by atoms with E-state index < -0.39 is 11.9 Å². The van der Waals surface area contributed by atoms with Crippen molar-refractivity contribution in [3.8, 4) is 0 Å². The molecule has 0 spiro atoms. The Morgan fingerprint density at radius 2 is 1.00 bits per heavy atom. The van der Waals surface area contributed by atoms with E-state index in [1.807, 2.05) is 0 Å². The second-order valence-electron chi connectivity index (χ2n) is 7.46. The summed E-state index contributed by atoms with van der Waals surface area (Å²) in [6, 6.07) is 1.45. The first-order valence-corrected chi connectivity index (χ1v) is 9.16. The van der Waals surface area contributed by atoms with Gasteiger partial charge in [-0.3, -0.25) is 29.2 Å². The van der Waals surface area contributed by atoms with Gasteiger partial charge in [0.25, 0.3) is 0 Å². The molecule has 2 rings (SSSR count). The Hall–Kier alpha value is -1.22. The lowest BCUT2D eigenvalue weighted by Gasteiger charge is -2.21. The molecule has 26 heavy (non-hydrogen) atoms. The van der Waals surface area contributed by atoms with E-state index in [2.05, 4.69) is 75.5 Å². The Morgan fingerprint density at radius 3 is 1.08 bits per heavy atom. The van der Waals surface area contributed by atoms with Gasteiger partial charge in [-0.2, -0.15) is 0 Å². The number of carboxylic acid groups (broad SMARTS) is 2. The summed E-state index contributed by atoms with van der Waals surface area (Å²) in [5, 5.41) is 15.8. The summed E-state index contributed by atoms with van der Waals surface area (Å²) in [4.78, 5) is 28.8. The van der Waals surface area contributed by atoms with E-state index in [9.17, 15) is 9.59 Å². The zero-order valence-electron chi connectivity index (χ0n) is 17.6. The Labute approximate surface area is 158 Å². The molecule has 4 atom stereocenters. The van der Waals surface area contributed by atoms with Crippen molar-refractivity contribution in [2.75, 3.05) is 41.3 Å². The molecular weight excluding hydrogens is 336 g/mol. The molecule has 0 aromatic heterocycles. The second kappa shape index (κ2) is 11.5. The van der Waals surface area contributed by atoms with Gasteiger partial charge in [0.1, 0.15) is 0 Å². The van der Waals surface area contributed by atoms with E-state index in [-0.39, 0.29) is 12.8 Å². The minimum atomic E-state index is -1.08. The highest BCUT2D eigenvalue weighted by molar-refractivity contribution is 5.75. The van der Waals surface area contributed by atoms with Crippen LogP contribution in [0.3, 0.4) is 0 Å². The van der Waals surface area contributed by atoms with Crippen molar-refractivity contribution >= 4 is 11.9 Å². The van der Waals surface area contributed by atoms with Gasteiger partial charge in [0.05, 0.1) is 25.2 Å². The third-order valence-corrected chi connectivity index (χ3v) is 5.50. The summed E-state index contributed by atoms with van der Waals surface area (Å²) in [5.74, 6) is -2.15. The number of hydrogen-bond donors (Lipinski definition) is 2. The fourth-order valence-corrected chi connectivity index (χ4v) is 2.97. The van der Waals surface area contributed by atoms with Crippen molar-refractivity contribution in [2.24, 2.45) is 0 Å². The number of nitrogens with zero attached hydrogens (tertiary/aromatic N) is 4. The highest BCUT2D eigenvalue weighted by Crippen LogP contribution is 2.15. The molecule has 0 aliphatic carbocycles. The van der Waals surface area contributed by atoms with Crippen LogP contribution in [0.4, 0.5) is 0 Å². The summed E-state index contributed by atoms with van der Waals surface area (Å²) >= 11 is 0. The minimum absolute atomic E-state index is 0.296. The molecule has 4 unspecified atom stereocenters. The number of rotatable bonds is 3. The van der Waals surface area contributed by atoms with Crippen LogP contribution in [0.1, 0.15) is 40.5 Å². The Balaban J connectivity index is 0.000000362. The predicted molar refractivity (Wildman–Crippen MR) is 103 cm³/mol. The van der Waals surface area contributed by atoms with E-state index in [0.29, 0.717) is 12.3 Å². The molecule has 2 fully saturated rings. The van der Waals surface area contributed by atoms with Crippen LogP contribution in [0.15, 0.2) is 0 Å².